The van der Waals surface area contributed by atoms with E-state index >= 15 is 0 Å². The number of hydrogen-bond acceptors (Lipinski definition) is 8. The molecule has 0 bridgehead atoms. The molecule has 0 atom stereocenters. The van der Waals surface area contributed by atoms with Gasteiger partial charge in [0.2, 0.25) is 0 Å². The SMILES string of the molecule is O=C1c2ccccc2C(=O)c2c(B(O)O)c(S(=O)(=O)O)c(O)c(O)c21. The van der Waals surface area contributed by atoms with Gasteiger partial charge in [-0.15, -0.1) is 0 Å². The minimum absolute atomic E-state index is 0.118. The minimum Gasteiger partial charge on any atom is -0.504 e. The van der Waals surface area contributed by atoms with Gasteiger partial charge in [-0.2, -0.15) is 8.42 Å². The Morgan fingerprint density at radius 2 is 1.32 bits per heavy atom. The molecular weight excluding hydrogens is 355 g/mol. The smallest absolute Gasteiger partial charge is 0.490 e. The zero-order chi connectivity index (χ0) is 18.7. The van der Waals surface area contributed by atoms with Crippen LogP contribution in [0.25, 0.3) is 0 Å². The molecule has 3 rings (SSSR count). The van der Waals surface area contributed by atoms with Crippen molar-refractivity contribution in [2.45, 2.75) is 4.90 Å². The second kappa shape index (κ2) is 5.39. The lowest BCUT2D eigenvalue weighted by atomic mass is 9.70. The summed E-state index contributed by atoms with van der Waals surface area (Å²) in [5.74, 6) is -4.64. The van der Waals surface area contributed by atoms with Crippen LogP contribution in [-0.2, 0) is 10.1 Å². The topological polar surface area (TPSA) is 169 Å². The zero-order valence-corrected chi connectivity index (χ0v) is 13.0. The van der Waals surface area contributed by atoms with E-state index in [1.807, 2.05) is 0 Å². The van der Waals surface area contributed by atoms with Crippen LogP contribution in [0.5, 0.6) is 11.5 Å². The molecule has 0 spiro atoms. The van der Waals surface area contributed by atoms with Crippen molar-refractivity contribution in [3.8, 4) is 11.5 Å². The molecular formula is C14H9BO9S. The number of fused-ring (bicyclic) bond motifs is 2. The predicted octanol–water partition coefficient (Wildman–Crippen LogP) is -1.20. The monoisotopic (exact) mass is 364 g/mol. The first-order valence-electron chi connectivity index (χ1n) is 6.71. The Morgan fingerprint density at radius 3 is 1.76 bits per heavy atom. The third kappa shape index (κ3) is 2.33. The van der Waals surface area contributed by atoms with Crippen molar-refractivity contribution in [3.05, 3.63) is 46.5 Å². The van der Waals surface area contributed by atoms with Crippen LogP contribution < -0.4 is 5.46 Å². The van der Waals surface area contributed by atoms with Gasteiger partial charge < -0.3 is 20.3 Å². The number of carbonyl (C=O) groups is 2. The van der Waals surface area contributed by atoms with Crippen LogP contribution in [0.1, 0.15) is 31.8 Å². The van der Waals surface area contributed by atoms with Gasteiger partial charge in [0.05, 0.1) is 5.56 Å². The quantitative estimate of drug-likeness (QED) is 0.213. The van der Waals surface area contributed by atoms with E-state index in [-0.39, 0.29) is 11.1 Å². The first-order valence-corrected chi connectivity index (χ1v) is 8.15. The Labute approximate surface area is 140 Å². The molecule has 25 heavy (non-hydrogen) atoms. The highest BCUT2D eigenvalue weighted by Crippen LogP contribution is 2.41. The van der Waals surface area contributed by atoms with Crippen molar-refractivity contribution in [3.63, 3.8) is 0 Å². The van der Waals surface area contributed by atoms with Crippen LogP contribution in [-0.4, -0.2) is 51.9 Å². The molecule has 0 unspecified atom stereocenters. The molecule has 0 radical (unpaired) electrons. The molecule has 9 nitrogen and oxygen atoms in total. The van der Waals surface area contributed by atoms with Crippen LogP contribution in [0, 0.1) is 0 Å². The fourth-order valence-electron chi connectivity index (χ4n) is 2.83. The van der Waals surface area contributed by atoms with Crippen LogP contribution in [0.4, 0.5) is 0 Å². The van der Waals surface area contributed by atoms with Gasteiger partial charge in [0.25, 0.3) is 10.1 Å². The Balaban J connectivity index is 2.56. The van der Waals surface area contributed by atoms with E-state index in [9.17, 15) is 42.8 Å². The van der Waals surface area contributed by atoms with Gasteiger partial charge in [0.1, 0.15) is 4.90 Å². The summed E-state index contributed by atoms with van der Waals surface area (Å²) < 4.78 is 32.3. The van der Waals surface area contributed by atoms with Gasteiger partial charge >= 0.3 is 7.12 Å². The lowest BCUT2D eigenvalue weighted by Gasteiger charge is -2.23. The molecule has 2 aromatic carbocycles. The second-order valence-corrected chi connectivity index (χ2v) is 6.60. The van der Waals surface area contributed by atoms with Crippen LogP contribution in [0.15, 0.2) is 29.2 Å². The van der Waals surface area contributed by atoms with Crippen LogP contribution >= 0.6 is 0 Å². The van der Waals surface area contributed by atoms with Gasteiger partial charge in [0.15, 0.2) is 23.1 Å². The Hall–Kier alpha value is -2.73. The molecule has 0 saturated carbocycles. The number of aromatic hydroxyl groups is 2. The summed E-state index contributed by atoms with van der Waals surface area (Å²) in [7, 11) is -7.92. The first-order chi connectivity index (χ1) is 11.6. The summed E-state index contributed by atoms with van der Waals surface area (Å²) in [6, 6.07) is 5.40. The third-order valence-corrected chi connectivity index (χ3v) is 4.76. The summed E-state index contributed by atoms with van der Waals surface area (Å²) in [5, 5.41) is 39.0. The van der Waals surface area contributed by atoms with Crippen molar-refractivity contribution in [1.82, 2.24) is 0 Å². The van der Waals surface area contributed by atoms with Crippen LogP contribution in [0.3, 0.4) is 0 Å². The van der Waals surface area contributed by atoms with E-state index in [0.717, 1.165) is 0 Å². The van der Waals surface area contributed by atoms with Crippen molar-refractivity contribution in [2.75, 3.05) is 0 Å². The lowest BCUT2D eigenvalue weighted by Crippen LogP contribution is -2.42. The maximum absolute atomic E-state index is 12.7. The Bertz CT molecular complexity index is 1060. The number of hydrogen-bond donors (Lipinski definition) is 5. The summed E-state index contributed by atoms with van der Waals surface area (Å²) in [5.41, 5.74) is -2.97. The molecule has 0 amide bonds. The van der Waals surface area contributed by atoms with E-state index in [2.05, 4.69) is 0 Å². The van der Waals surface area contributed by atoms with Crippen molar-refractivity contribution < 1.29 is 42.8 Å². The van der Waals surface area contributed by atoms with Crippen molar-refractivity contribution in [1.29, 1.82) is 0 Å². The fraction of sp³-hybridized carbons (Fsp3) is 0. The summed E-state index contributed by atoms with van der Waals surface area (Å²) >= 11 is 0. The Morgan fingerprint density at radius 1 is 0.840 bits per heavy atom. The minimum atomic E-state index is -5.28. The molecule has 5 N–H and O–H groups in total. The number of rotatable bonds is 2. The number of benzene rings is 2. The molecule has 2 aromatic rings. The molecule has 0 heterocycles. The number of carbonyl (C=O) groups excluding carboxylic acids is 2. The van der Waals surface area contributed by atoms with Gasteiger partial charge in [-0.05, 0) is 0 Å². The lowest BCUT2D eigenvalue weighted by molar-refractivity contribution is 0.0976. The maximum Gasteiger partial charge on any atom is 0.490 e. The number of ketones is 2. The molecule has 1 aliphatic carbocycles. The normalized spacial score (nSPS) is 13.4. The fourth-order valence-corrected chi connectivity index (χ4v) is 3.66. The second-order valence-electron chi connectivity index (χ2n) is 5.24. The largest absolute Gasteiger partial charge is 0.504 e. The Kier molecular flexibility index (Phi) is 3.69. The molecule has 128 valence electrons. The highest BCUT2D eigenvalue weighted by molar-refractivity contribution is 7.86. The third-order valence-electron chi connectivity index (χ3n) is 3.83. The standard InChI is InChI=1S/C14H9BO9S/c16-10-5-3-1-2-4-6(5)11(17)8-7(10)9(15(20)21)14(25(22,23)24)13(19)12(8)18/h1-4,18-21H,(H,22,23,24). The van der Waals surface area contributed by atoms with Gasteiger partial charge in [-0.1, -0.05) is 24.3 Å². The summed E-state index contributed by atoms with van der Waals surface area (Å²) in [4.78, 5) is 23.8. The van der Waals surface area contributed by atoms with Gasteiger partial charge in [-0.25, -0.2) is 0 Å². The van der Waals surface area contributed by atoms with E-state index in [1.54, 1.807) is 0 Å². The van der Waals surface area contributed by atoms with Gasteiger partial charge in [-0.3, -0.25) is 14.1 Å². The summed E-state index contributed by atoms with van der Waals surface area (Å²) in [6.45, 7) is 0. The predicted molar refractivity (Wildman–Crippen MR) is 82.7 cm³/mol. The molecule has 11 heteroatoms. The molecule has 0 aromatic heterocycles. The van der Waals surface area contributed by atoms with Crippen molar-refractivity contribution >= 4 is 34.3 Å². The molecule has 0 aliphatic heterocycles. The van der Waals surface area contributed by atoms with E-state index < -0.39 is 61.8 Å². The average molecular weight is 364 g/mol. The van der Waals surface area contributed by atoms with E-state index in [4.69, 9.17) is 0 Å². The molecule has 1 aliphatic rings. The van der Waals surface area contributed by atoms with E-state index in [1.165, 1.54) is 24.3 Å². The van der Waals surface area contributed by atoms with E-state index in [0.29, 0.717) is 0 Å². The zero-order valence-electron chi connectivity index (χ0n) is 12.2. The van der Waals surface area contributed by atoms with Crippen molar-refractivity contribution in [2.24, 2.45) is 0 Å². The highest BCUT2D eigenvalue weighted by Gasteiger charge is 2.42. The number of phenolic OH excluding ortho intramolecular Hbond substituents is 2. The average Bonchev–Trinajstić information content (AvgIpc) is 2.53. The first kappa shape index (κ1) is 17.1. The van der Waals surface area contributed by atoms with Crippen LogP contribution in [0.2, 0.25) is 0 Å². The van der Waals surface area contributed by atoms with Gasteiger partial charge in [0, 0.05) is 22.2 Å². The highest BCUT2D eigenvalue weighted by atomic mass is 32.2. The molecule has 0 fully saturated rings. The maximum atomic E-state index is 12.7. The number of phenols is 2. The summed E-state index contributed by atoms with van der Waals surface area (Å²) in [6.07, 6.45) is 0. The molecule has 0 saturated heterocycles.